The fourth-order valence-corrected chi connectivity index (χ4v) is 1.27. The maximum absolute atomic E-state index is 4.38. The first kappa shape index (κ1) is 12.7. The van der Waals surface area contributed by atoms with Crippen LogP contribution in [0.5, 0.6) is 0 Å². The van der Waals surface area contributed by atoms with Crippen molar-refractivity contribution < 1.29 is 0 Å². The second-order valence-corrected chi connectivity index (χ2v) is 4.67. The predicted molar refractivity (Wildman–Crippen MR) is 68.7 cm³/mol. The standard InChI is InChI=1S/C12H22N4/c1-9(2)5-7-13-11-6-8-14-12(16-11)15-10(3)4/h6,8-10H,5,7H2,1-4H3,(H2,13,14,15,16). The Bertz CT molecular complexity index is 310. The molecular formula is C12H22N4. The molecule has 2 N–H and O–H groups in total. The highest BCUT2D eigenvalue weighted by Gasteiger charge is 2.00. The SMILES string of the molecule is CC(C)CCNc1ccnc(NC(C)C)n1. The van der Waals surface area contributed by atoms with Crippen molar-refractivity contribution in [2.24, 2.45) is 5.92 Å². The third-order valence-corrected chi connectivity index (χ3v) is 2.10. The van der Waals surface area contributed by atoms with Crippen LogP contribution in [0.1, 0.15) is 34.1 Å². The Hall–Kier alpha value is -1.32. The molecule has 0 amide bonds. The summed E-state index contributed by atoms with van der Waals surface area (Å²) in [7, 11) is 0. The van der Waals surface area contributed by atoms with Crippen molar-refractivity contribution >= 4 is 11.8 Å². The lowest BCUT2D eigenvalue weighted by Crippen LogP contribution is -2.13. The molecule has 90 valence electrons. The van der Waals surface area contributed by atoms with Crippen LogP contribution >= 0.6 is 0 Å². The van der Waals surface area contributed by atoms with Crippen LogP contribution in [0.4, 0.5) is 11.8 Å². The molecule has 0 spiro atoms. The van der Waals surface area contributed by atoms with E-state index in [0.29, 0.717) is 17.9 Å². The van der Waals surface area contributed by atoms with Gasteiger partial charge in [0.2, 0.25) is 5.95 Å². The smallest absolute Gasteiger partial charge is 0.224 e. The number of anilines is 2. The maximum atomic E-state index is 4.38. The molecule has 0 aliphatic rings. The Morgan fingerprint density at radius 1 is 1.25 bits per heavy atom. The zero-order valence-electron chi connectivity index (χ0n) is 10.6. The van der Waals surface area contributed by atoms with Crippen molar-refractivity contribution in [1.82, 2.24) is 9.97 Å². The van der Waals surface area contributed by atoms with Crippen LogP contribution in [0, 0.1) is 5.92 Å². The van der Waals surface area contributed by atoms with Gasteiger partial charge in [-0.15, -0.1) is 0 Å². The molecule has 1 aromatic heterocycles. The lowest BCUT2D eigenvalue weighted by atomic mass is 10.1. The van der Waals surface area contributed by atoms with Crippen molar-refractivity contribution in [3.05, 3.63) is 12.3 Å². The van der Waals surface area contributed by atoms with Crippen molar-refractivity contribution in [2.45, 2.75) is 40.2 Å². The van der Waals surface area contributed by atoms with Crippen molar-refractivity contribution in [3.8, 4) is 0 Å². The summed E-state index contributed by atoms with van der Waals surface area (Å²) in [5, 5.41) is 6.48. The highest BCUT2D eigenvalue weighted by atomic mass is 15.1. The summed E-state index contributed by atoms with van der Waals surface area (Å²) < 4.78 is 0. The van der Waals surface area contributed by atoms with E-state index in [1.165, 1.54) is 0 Å². The molecule has 1 heterocycles. The summed E-state index contributed by atoms with van der Waals surface area (Å²) in [5.41, 5.74) is 0. The molecule has 1 aromatic rings. The van der Waals surface area contributed by atoms with E-state index >= 15 is 0 Å². The number of nitrogens with zero attached hydrogens (tertiary/aromatic N) is 2. The highest BCUT2D eigenvalue weighted by molar-refractivity contribution is 5.39. The molecule has 4 heteroatoms. The summed E-state index contributed by atoms with van der Waals surface area (Å²) >= 11 is 0. The molecule has 16 heavy (non-hydrogen) atoms. The van der Waals surface area contributed by atoms with E-state index in [2.05, 4.69) is 48.3 Å². The fraction of sp³-hybridized carbons (Fsp3) is 0.667. The van der Waals surface area contributed by atoms with Gasteiger partial charge < -0.3 is 10.6 Å². The average Bonchev–Trinajstić information content (AvgIpc) is 2.16. The van der Waals surface area contributed by atoms with Crippen LogP contribution in [0.25, 0.3) is 0 Å². The number of hydrogen-bond acceptors (Lipinski definition) is 4. The maximum Gasteiger partial charge on any atom is 0.224 e. The van der Waals surface area contributed by atoms with Gasteiger partial charge in [-0.05, 0) is 32.3 Å². The molecule has 4 nitrogen and oxygen atoms in total. The van der Waals surface area contributed by atoms with Gasteiger partial charge in [-0.2, -0.15) is 4.98 Å². The van der Waals surface area contributed by atoms with Crippen molar-refractivity contribution in [3.63, 3.8) is 0 Å². The lowest BCUT2D eigenvalue weighted by molar-refractivity contribution is 0.606. The molecule has 0 saturated heterocycles. The Kier molecular flexibility index (Phi) is 5.02. The summed E-state index contributed by atoms with van der Waals surface area (Å²) in [4.78, 5) is 8.54. The van der Waals surface area contributed by atoms with Crippen LogP contribution in [-0.2, 0) is 0 Å². The summed E-state index contributed by atoms with van der Waals surface area (Å²) in [6.07, 6.45) is 2.92. The molecule has 0 unspecified atom stereocenters. The predicted octanol–water partition coefficient (Wildman–Crippen LogP) is 2.75. The van der Waals surface area contributed by atoms with E-state index in [1.807, 2.05) is 6.07 Å². The minimum atomic E-state index is 0.353. The first-order valence-electron chi connectivity index (χ1n) is 5.91. The van der Waals surface area contributed by atoms with Crippen LogP contribution < -0.4 is 10.6 Å². The van der Waals surface area contributed by atoms with Gasteiger partial charge in [-0.1, -0.05) is 13.8 Å². The second kappa shape index (κ2) is 6.30. The number of aromatic nitrogens is 2. The van der Waals surface area contributed by atoms with Gasteiger partial charge in [0, 0.05) is 18.8 Å². The summed E-state index contributed by atoms with van der Waals surface area (Å²) in [6, 6.07) is 2.25. The molecule has 0 aliphatic heterocycles. The van der Waals surface area contributed by atoms with Gasteiger partial charge in [-0.3, -0.25) is 0 Å². The first-order valence-corrected chi connectivity index (χ1v) is 5.91. The quantitative estimate of drug-likeness (QED) is 0.777. The van der Waals surface area contributed by atoms with Crippen LogP contribution in [-0.4, -0.2) is 22.6 Å². The van der Waals surface area contributed by atoms with Gasteiger partial charge in [-0.25, -0.2) is 4.98 Å². The Morgan fingerprint density at radius 3 is 2.62 bits per heavy atom. The third kappa shape index (κ3) is 4.96. The summed E-state index contributed by atoms with van der Waals surface area (Å²) in [6.45, 7) is 9.53. The molecular weight excluding hydrogens is 200 g/mol. The molecule has 0 aromatic carbocycles. The summed E-state index contributed by atoms with van der Waals surface area (Å²) in [5.74, 6) is 2.28. The molecule has 0 fully saturated rings. The minimum absolute atomic E-state index is 0.353. The van der Waals surface area contributed by atoms with Gasteiger partial charge in [0.15, 0.2) is 0 Å². The van der Waals surface area contributed by atoms with Crippen LogP contribution in [0.3, 0.4) is 0 Å². The molecule has 0 bridgehead atoms. The minimum Gasteiger partial charge on any atom is -0.370 e. The van der Waals surface area contributed by atoms with Crippen LogP contribution in [0.2, 0.25) is 0 Å². The molecule has 0 atom stereocenters. The Morgan fingerprint density at radius 2 is 2.00 bits per heavy atom. The Labute approximate surface area is 97.9 Å². The van der Waals surface area contributed by atoms with E-state index in [0.717, 1.165) is 18.8 Å². The van der Waals surface area contributed by atoms with Crippen molar-refractivity contribution in [2.75, 3.05) is 17.2 Å². The highest BCUT2D eigenvalue weighted by Crippen LogP contribution is 2.07. The van der Waals surface area contributed by atoms with E-state index in [1.54, 1.807) is 6.20 Å². The van der Waals surface area contributed by atoms with E-state index in [-0.39, 0.29) is 0 Å². The normalized spacial score (nSPS) is 10.9. The molecule has 0 aliphatic carbocycles. The molecule has 0 saturated carbocycles. The third-order valence-electron chi connectivity index (χ3n) is 2.10. The van der Waals surface area contributed by atoms with Gasteiger partial charge >= 0.3 is 0 Å². The second-order valence-electron chi connectivity index (χ2n) is 4.67. The zero-order chi connectivity index (χ0) is 12.0. The fourth-order valence-electron chi connectivity index (χ4n) is 1.27. The largest absolute Gasteiger partial charge is 0.370 e. The average molecular weight is 222 g/mol. The van der Waals surface area contributed by atoms with E-state index in [4.69, 9.17) is 0 Å². The molecule has 0 radical (unpaired) electrons. The first-order chi connectivity index (χ1) is 7.58. The van der Waals surface area contributed by atoms with Crippen LogP contribution in [0.15, 0.2) is 12.3 Å². The number of hydrogen-bond donors (Lipinski definition) is 2. The number of nitrogens with one attached hydrogen (secondary N) is 2. The number of rotatable bonds is 6. The van der Waals surface area contributed by atoms with E-state index < -0.39 is 0 Å². The van der Waals surface area contributed by atoms with E-state index in [9.17, 15) is 0 Å². The zero-order valence-corrected chi connectivity index (χ0v) is 10.6. The van der Waals surface area contributed by atoms with Gasteiger partial charge in [0.05, 0.1) is 0 Å². The van der Waals surface area contributed by atoms with Gasteiger partial charge in [0.25, 0.3) is 0 Å². The monoisotopic (exact) mass is 222 g/mol. The molecule has 1 rings (SSSR count). The lowest BCUT2D eigenvalue weighted by Gasteiger charge is -2.10. The van der Waals surface area contributed by atoms with Gasteiger partial charge in [0.1, 0.15) is 5.82 Å². The van der Waals surface area contributed by atoms with Crippen molar-refractivity contribution in [1.29, 1.82) is 0 Å². The Balaban J connectivity index is 2.47. The topological polar surface area (TPSA) is 49.8 Å².